The van der Waals surface area contributed by atoms with E-state index in [0.717, 1.165) is 11.6 Å². The third-order valence-electron chi connectivity index (χ3n) is 3.27. The molecule has 0 saturated heterocycles. The van der Waals surface area contributed by atoms with E-state index in [4.69, 9.17) is 23.2 Å². The first-order chi connectivity index (χ1) is 9.93. The number of benzene rings is 2. The summed E-state index contributed by atoms with van der Waals surface area (Å²) in [6.07, 6.45) is 0. The fourth-order valence-corrected chi connectivity index (χ4v) is 2.51. The molecule has 0 radical (unpaired) electrons. The van der Waals surface area contributed by atoms with Gasteiger partial charge in [-0.05, 0) is 42.8 Å². The molecule has 2 aromatic rings. The molecular weight excluding hydrogens is 315 g/mol. The molecule has 0 bridgehead atoms. The molecule has 0 aliphatic carbocycles. The molecule has 1 nitrogen and oxygen atoms in total. The van der Waals surface area contributed by atoms with Gasteiger partial charge in [0.25, 0.3) is 0 Å². The number of hydrogen-bond acceptors (Lipinski definition) is 1. The standard InChI is InChI=1S/C16H15Cl2F2N/c1-3-21-16(10-4-5-12(17)13(18)7-10)11-6-9(2)14(19)8-15(11)20/h4-8,16,21H,3H2,1-2H3. The van der Waals surface area contributed by atoms with E-state index in [-0.39, 0.29) is 0 Å². The van der Waals surface area contributed by atoms with E-state index >= 15 is 0 Å². The molecule has 0 aliphatic rings. The van der Waals surface area contributed by atoms with Gasteiger partial charge in [-0.1, -0.05) is 36.2 Å². The average molecular weight is 330 g/mol. The van der Waals surface area contributed by atoms with Crippen molar-refractivity contribution in [2.75, 3.05) is 6.54 Å². The van der Waals surface area contributed by atoms with Gasteiger partial charge < -0.3 is 5.32 Å². The molecular formula is C16H15Cl2F2N. The Balaban J connectivity index is 2.52. The summed E-state index contributed by atoms with van der Waals surface area (Å²) in [5, 5.41) is 4.02. The van der Waals surface area contributed by atoms with Gasteiger partial charge in [0, 0.05) is 11.6 Å². The molecule has 112 valence electrons. The van der Waals surface area contributed by atoms with Crippen molar-refractivity contribution in [2.24, 2.45) is 0 Å². The van der Waals surface area contributed by atoms with Crippen LogP contribution in [0.3, 0.4) is 0 Å². The number of nitrogens with one attached hydrogen (secondary N) is 1. The Morgan fingerprint density at radius 3 is 2.38 bits per heavy atom. The largest absolute Gasteiger partial charge is 0.306 e. The summed E-state index contributed by atoms with van der Waals surface area (Å²) < 4.78 is 27.6. The van der Waals surface area contributed by atoms with Gasteiger partial charge in [-0.15, -0.1) is 0 Å². The lowest BCUT2D eigenvalue weighted by Crippen LogP contribution is -2.23. The molecule has 0 spiro atoms. The maximum Gasteiger partial charge on any atom is 0.131 e. The lowest BCUT2D eigenvalue weighted by Gasteiger charge is -2.21. The third-order valence-corrected chi connectivity index (χ3v) is 4.01. The molecule has 5 heteroatoms. The second-order valence-electron chi connectivity index (χ2n) is 4.79. The fraction of sp³-hybridized carbons (Fsp3) is 0.250. The molecule has 2 rings (SSSR count). The number of aryl methyl sites for hydroxylation is 1. The Kier molecular flexibility index (Phi) is 5.20. The predicted octanol–water partition coefficient (Wildman–Crippen LogP) is 5.28. The summed E-state index contributed by atoms with van der Waals surface area (Å²) in [5.41, 5.74) is 1.56. The minimum Gasteiger partial charge on any atom is -0.306 e. The van der Waals surface area contributed by atoms with E-state index in [2.05, 4.69) is 5.32 Å². The number of rotatable bonds is 4. The Labute approximate surface area is 132 Å². The van der Waals surface area contributed by atoms with Crippen molar-refractivity contribution < 1.29 is 8.78 Å². The van der Waals surface area contributed by atoms with E-state index in [1.807, 2.05) is 6.92 Å². The van der Waals surface area contributed by atoms with Crippen LogP contribution >= 0.6 is 23.2 Å². The summed E-state index contributed by atoms with van der Waals surface area (Å²) in [4.78, 5) is 0. The molecule has 1 N–H and O–H groups in total. The molecule has 0 aliphatic heterocycles. The zero-order chi connectivity index (χ0) is 15.6. The van der Waals surface area contributed by atoms with Crippen LogP contribution in [0.5, 0.6) is 0 Å². The third kappa shape index (κ3) is 3.54. The van der Waals surface area contributed by atoms with Crippen LogP contribution in [-0.2, 0) is 0 Å². The van der Waals surface area contributed by atoms with Crippen LogP contribution in [0, 0.1) is 18.6 Å². The lowest BCUT2D eigenvalue weighted by atomic mass is 9.96. The Morgan fingerprint density at radius 2 is 1.76 bits per heavy atom. The second-order valence-corrected chi connectivity index (χ2v) is 5.60. The van der Waals surface area contributed by atoms with Gasteiger partial charge in [0.2, 0.25) is 0 Å². The van der Waals surface area contributed by atoms with Crippen LogP contribution in [0.25, 0.3) is 0 Å². The summed E-state index contributed by atoms with van der Waals surface area (Å²) in [6, 6.07) is 7.14. The summed E-state index contributed by atoms with van der Waals surface area (Å²) >= 11 is 11.9. The molecule has 0 heterocycles. The zero-order valence-electron chi connectivity index (χ0n) is 11.7. The number of hydrogen-bond donors (Lipinski definition) is 1. The number of halogens is 4. The zero-order valence-corrected chi connectivity index (χ0v) is 13.2. The Morgan fingerprint density at radius 1 is 1.05 bits per heavy atom. The molecule has 0 fully saturated rings. The van der Waals surface area contributed by atoms with Crippen molar-refractivity contribution in [3.63, 3.8) is 0 Å². The molecule has 2 aromatic carbocycles. The van der Waals surface area contributed by atoms with Crippen molar-refractivity contribution >= 4 is 23.2 Å². The van der Waals surface area contributed by atoms with Gasteiger partial charge >= 0.3 is 0 Å². The van der Waals surface area contributed by atoms with E-state index < -0.39 is 17.7 Å². The molecule has 1 atom stereocenters. The van der Waals surface area contributed by atoms with Crippen LogP contribution in [0.4, 0.5) is 8.78 Å². The van der Waals surface area contributed by atoms with Crippen LogP contribution < -0.4 is 5.32 Å². The van der Waals surface area contributed by atoms with Gasteiger partial charge in [-0.25, -0.2) is 8.78 Å². The van der Waals surface area contributed by atoms with E-state index in [0.29, 0.717) is 27.7 Å². The first kappa shape index (κ1) is 16.2. The fourth-order valence-electron chi connectivity index (χ4n) is 2.20. The van der Waals surface area contributed by atoms with E-state index in [1.165, 1.54) is 6.07 Å². The SMILES string of the molecule is CCNC(c1ccc(Cl)c(Cl)c1)c1cc(C)c(F)cc1F. The van der Waals surface area contributed by atoms with Crippen LogP contribution in [0.1, 0.15) is 29.7 Å². The highest BCUT2D eigenvalue weighted by Crippen LogP contribution is 2.31. The molecule has 0 aromatic heterocycles. The van der Waals surface area contributed by atoms with Crippen LogP contribution in [0.2, 0.25) is 10.0 Å². The minimum absolute atomic E-state index is 0.383. The van der Waals surface area contributed by atoms with Crippen molar-refractivity contribution in [1.29, 1.82) is 0 Å². The van der Waals surface area contributed by atoms with Crippen LogP contribution in [0.15, 0.2) is 30.3 Å². The Bertz CT molecular complexity index is 659. The highest BCUT2D eigenvalue weighted by molar-refractivity contribution is 6.42. The van der Waals surface area contributed by atoms with Gasteiger partial charge in [-0.2, -0.15) is 0 Å². The molecule has 1 unspecified atom stereocenters. The lowest BCUT2D eigenvalue weighted by molar-refractivity contribution is 0.537. The maximum atomic E-state index is 14.1. The Hall–Kier alpha value is -1.16. The smallest absolute Gasteiger partial charge is 0.131 e. The summed E-state index contributed by atoms with van der Waals surface area (Å²) in [6.45, 7) is 4.15. The first-order valence-corrected chi connectivity index (χ1v) is 7.33. The molecule has 0 amide bonds. The first-order valence-electron chi connectivity index (χ1n) is 6.58. The second kappa shape index (κ2) is 6.73. The van der Waals surface area contributed by atoms with Crippen molar-refractivity contribution in [3.8, 4) is 0 Å². The van der Waals surface area contributed by atoms with E-state index in [1.54, 1.807) is 25.1 Å². The molecule has 0 saturated carbocycles. The van der Waals surface area contributed by atoms with Crippen molar-refractivity contribution in [1.82, 2.24) is 5.32 Å². The predicted molar refractivity (Wildman–Crippen MR) is 83.1 cm³/mol. The van der Waals surface area contributed by atoms with E-state index in [9.17, 15) is 8.78 Å². The maximum absolute atomic E-state index is 14.1. The normalized spacial score (nSPS) is 12.5. The topological polar surface area (TPSA) is 12.0 Å². The highest BCUT2D eigenvalue weighted by Gasteiger charge is 2.19. The monoisotopic (exact) mass is 329 g/mol. The van der Waals surface area contributed by atoms with Gasteiger partial charge in [0.05, 0.1) is 16.1 Å². The summed E-state index contributed by atoms with van der Waals surface area (Å²) in [5.74, 6) is -1.14. The van der Waals surface area contributed by atoms with Gasteiger partial charge in [0.15, 0.2) is 0 Å². The van der Waals surface area contributed by atoms with Gasteiger partial charge in [-0.3, -0.25) is 0 Å². The quantitative estimate of drug-likeness (QED) is 0.804. The van der Waals surface area contributed by atoms with Crippen molar-refractivity contribution in [2.45, 2.75) is 19.9 Å². The average Bonchev–Trinajstić information content (AvgIpc) is 2.44. The minimum atomic E-state index is -0.588. The van der Waals surface area contributed by atoms with Crippen LogP contribution in [-0.4, -0.2) is 6.54 Å². The molecule has 21 heavy (non-hydrogen) atoms. The summed E-state index contributed by atoms with van der Waals surface area (Å²) in [7, 11) is 0. The van der Waals surface area contributed by atoms with Gasteiger partial charge in [0.1, 0.15) is 11.6 Å². The van der Waals surface area contributed by atoms with Crippen molar-refractivity contribution in [3.05, 3.63) is 68.7 Å². The highest BCUT2D eigenvalue weighted by atomic mass is 35.5.